The predicted octanol–water partition coefficient (Wildman–Crippen LogP) is 4.88. The molecule has 2 heterocycles. The molecule has 1 aromatic heterocycles. The first-order valence-corrected chi connectivity index (χ1v) is 11.6. The van der Waals surface area contributed by atoms with Gasteiger partial charge in [0.15, 0.2) is 0 Å². The van der Waals surface area contributed by atoms with Crippen molar-refractivity contribution in [3.05, 3.63) is 45.8 Å². The molecule has 3 rings (SSSR count). The van der Waals surface area contributed by atoms with Crippen LogP contribution in [-0.4, -0.2) is 35.7 Å². The normalized spacial score (nSPS) is 13.2. The molecule has 0 unspecified atom stereocenters. The second kappa shape index (κ2) is 10.0. The lowest BCUT2D eigenvalue weighted by Crippen LogP contribution is -2.39. The van der Waals surface area contributed by atoms with Crippen LogP contribution >= 0.6 is 11.3 Å². The Morgan fingerprint density at radius 1 is 1.28 bits per heavy atom. The number of rotatable bonds is 6. The number of nitrogens with zero attached hydrogens (tertiary/aromatic N) is 2. The molecule has 1 N–H and O–H groups in total. The number of carbonyl (C=O) groups excluding carboxylic acids is 2. The third-order valence-corrected chi connectivity index (χ3v) is 6.10. The molecule has 0 spiro atoms. The predicted molar refractivity (Wildman–Crippen MR) is 124 cm³/mol. The standard InChI is InChI=1S/C24H29N3O4S/c1-5-30-19-9-7-6-8-16(19)10-11-21(28)26-22-18(14-25)17-12-13-27(15-20(17)32-22)23(29)31-24(2,3)4/h6-9H,5,10-13,15H2,1-4H3,(H,26,28). The molecule has 0 bridgehead atoms. The van der Waals surface area contributed by atoms with Gasteiger partial charge < -0.3 is 19.7 Å². The van der Waals surface area contributed by atoms with E-state index >= 15 is 0 Å². The minimum Gasteiger partial charge on any atom is -0.494 e. The van der Waals surface area contributed by atoms with Crippen molar-refractivity contribution in [1.82, 2.24) is 4.90 Å². The number of thiophene rings is 1. The molecular weight excluding hydrogens is 426 g/mol. The van der Waals surface area contributed by atoms with Crippen molar-refractivity contribution in [2.24, 2.45) is 0 Å². The van der Waals surface area contributed by atoms with Gasteiger partial charge in [0.2, 0.25) is 5.91 Å². The van der Waals surface area contributed by atoms with Gasteiger partial charge in [-0.2, -0.15) is 5.26 Å². The summed E-state index contributed by atoms with van der Waals surface area (Å²) in [6.07, 6.45) is 1.02. The van der Waals surface area contributed by atoms with Gasteiger partial charge in [0.05, 0.1) is 18.7 Å². The van der Waals surface area contributed by atoms with Crippen molar-refractivity contribution in [2.75, 3.05) is 18.5 Å². The van der Waals surface area contributed by atoms with Gasteiger partial charge in [-0.05, 0) is 57.7 Å². The SMILES string of the molecule is CCOc1ccccc1CCC(=O)Nc1sc2c(c1C#N)CCN(C(=O)OC(C)(C)C)C2. The Balaban J connectivity index is 1.67. The largest absolute Gasteiger partial charge is 0.494 e. The zero-order valence-electron chi connectivity index (χ0n) is 19.0. The molecule has 170 valence electrons. The van der Waals surface area contributed by atoms with Crippen molar-refractivity contribution in [3.8, 4) is 11.8 Å². The first-order chi connectivity index (χ1) is 15.2. The maximum absolute atomic E-state index is 12.6. The Kier molecular flexibility index (Phi) is 7.41. The van der Waals surface area contributed by atoms with Gasteiger partial charge in [-0.3, -0.25) is 4.79 Å². The third-order valence-electron chi connectivity index (χ3n) is 4.97. The number of para-hydroxylation sites is 1. The maximum Gasteiger partial charge on any atom is 0.410 e. The highest BCUT2D eigenvalue weighted by atomic mass is 32.1. The van der Waals surface area contributed by atoms with Gasteiger partial charge in [-0.1, -0.05) is 18.2 Å². The summed E-state index contributed by atoms with van der Waals surface area (Å²) >= 11 is 1.36. The number of nitriles is 1. The van der Waals surface area contributed by atoms with Crippen LogP contribution in [0.1, 0.15) is 55.7 Å². The molecule has 0 saturated heterocycles. The van der Waals surface area contributed by atoms with Gasteiger partial charge in [0.25, 0.3) is 0 Å². The van der Waals surface area contributed by atoms with E-state index in [0.717, 1.165) is 21.8 Å². The summed E-state index contributed by atoms with van der Waals surface area (Å²) in [5, 5.41) is 13.1. The molecular formula is C24H29N3O4S. The Hall–Kier alpha value is -3.05. The summed E-state index contributed by atoms with van der Waals surface area (Å²) in [5.74, 6) is 0.629. The zero-order valence-corrected chi connectivity index (χ0v) is 19.8. The lowest BCUT2D eigenvalue weighted by Gasteiger charge is -2.29. The van der Waals surface area contributed by atoms with Crippen molar-refractivity contribution >= 4 is 28.3 Å². The highest BCUT2D eigenvalue weighted by molar-refractivity contribution is 7.16. The first kappa shape index (κ1) is 23.6. The number of aryl methyl sites for hydroxylation is 1. The molecule has 0 fully saturated rings. The van der Waals surface area contributed by atoms with Crippen LogP contribution in [0.25, 0.3) is 0 Å². The molecule has 0 radical (unpaired) electrons. The van der Waals surface area contributed by atoms with Crippen LogP contribution in [-0.2, 0) is 28.9 Å². The molecule has 1 aromatic carbocycles. The second-order valence-electron chi connectivity index (χ2n) is 8.56. The fourth-order valence-corrected chi connectivity index (χ4v) is 4.77. The highest BCUT2D eigenvalue weighted by Gasteiger charge is 2.30. The van der Waals surface area contributed by atoms with Crippen molar-refractivity contribution in [1.29, 1.82) is 5.26 Å². The van der Waals surface area contributed by atoms with E-state index in [2.05, 4.69) is 11.4 Å². The molecule has 1 aliphatic heterocycles. The third kappa shape index (κ3) is 5.80. The molecule has 2 aromatic rings. The minimum atomic E-state index is -0.565. The van der Waals surface area contributed by atoms with Gasteiger partial charge in [0, 0.05) is 17.8 Å². The van der Waals surface area contributed by atoms with E-state index < -0.39 is 5.60 Å². The maximum atomic E-state index is 12.6. The number of anilines is 1. The summed E-state index contributed by atoms with van der Waals surface area (Å²) in [6.45, 7) is 8.85. The van der Waals surface area contributed by atoms with Gasteiger partial charge in [-0.15, -0.1) is 11.3 Å². The molecule has 2 amide bonds. The molecule has 8 heteroatoms. The van der Waals surface area contributed by atoms with E-state index in [0.29, 0.717) is 43.1 Å². The van der Waals surface area contributed by atoms with Crippen molar-refractivity contribution < 1.29 is 19.1 Å². The number of amides is 2. The number of fused-ring (bicyclic) bond motifs is 1. The second-order valence-corrected chi connectivity index (χ2v) is 9.67. The van der Waals surface area contributed by atoms with Crippen LogP contribution in [0.2, 0.25) is 0 Å². The highest BCUT2D eigenvalue weighted by Crippen LogP contribution is 2.37. The summed E-state index contributed by atoms with van der Waals surface area (Å²) in [5.41, 5.74) is 1.82. The number of carbonyl (C=O) groups is 2. The number of ether oxygens (including phenoxy) is 2. The monoisotopic (exact) mass is 455 g/mol. The number of nitrogens with one attached hydrogen (secondary N) is 1. The molecule has 7 nitrogen and oxygen atoms in total. The van der Waals surface area contributed by atoms with Crippen molar-refractivity contribution in [3.63, 3.8) is 0 Å². The van der Waals surface area contributed by atoms with E-state index in [1.807, 2.05) is 52.0 Å². The Morgan fingerprint density at radius 2 is 2.03 bits per heavy atom. The van der Waals surface area contributed by atoms with E-state index in [1.165, 1.54) is 11.3 Å². The average molecular weight is 456 g/mol. The van der Waals surface area contributed by atoms with Gasteiger partial charge in [0.1, 0.15) is 22.4 Å². The fraction of sp³-hybridized carbons (Fsp3) is 0.458. The summed E-state index contributed by atoms with van der Waals surface area (Å²) < 4.78 is 11.1. The topological polar surface area (TPSA) is 91.7 Å². The van der Waals surface area contributed by atoms with Crippen molar-refractivity contribution in [2.45, 2.75) is 59.1 Å². The van der Waals surface area contributed by atoms with Crippen LogP contribution in [0.15, 0.2) is 24.3 Å². The van der Waals surface area contributed by atoms with E-state index in [4.69, 9.17) is 9.47 Å². The van der Waals surface area contributed by atoms with E-state index in [9.17, 15) is 14.9 Å². The van der Waals surface area contributed by atoms with Crippen LogP contribution in [0.4, 0.5) is 9.80 Å². The first-order valence-electron chi connectivity index (χ1n) is 10.7. The quantitative estimate of drug-likeness (QED) is 0.670. The molecule has 32 heavy (non-hydrogen) atoms. The van der Waals surface area contributed by atoms with E-state index in [-0.39, 0.29) is 18.4 Å². The Labute approximate surface area is 192 Å². The van der Waals surface area contributed by atoms with E-state index in [1.54, 1.807) is 4.90 Å². The number of hydrogen-bond acceptors (Lipinski definition) is 6. The number of benzene rings is 1. The summed E-state index contributed by atoms with van der Waals surface area (Å²) in [4.78, 5) is 27.6. The minimum absolute atomic E-state index is 0.157. The smallest absolute Gasteiger partial charge is 0.410 e. The Morgan fingerprint density at radius 3 is 2.72 bits per heavy atom. The number of hydrogen-bond donors (Lipinski definition) is 1. The fourth-order valence-electron chi connectivity index (χ4n) is 3.54. The lowest BCUT2D eigenvalue weighted by molar-refractivity contribution is -0.116. The summed E-state index contributed by atoms with van der Waals surface area (Å²) in [6, 6.07) is 9.91. The molecule has 1 aliphatic rings. The van der Waals surface area contributed by atoms with Crippen LogP contribution in [0.3, 0.4) is 0 Å². The molecule has 0 saturated carbocycles. The Bertz CT molecular complexity index is 1030. The lowest BCUT2D eigenvalue weighted by atomic mass is 10.0. The van der Waals surface area contributed by atoms with Crippen LogP contribution in [0.5, 0.6) is 5.75 Å². The molecule has 0 aliphatic carbocycles. The van der Waals surface area contributed by atoms with Gasteiger partial charge >= 0.3 is 6.09 Å². The summed E-state index contributed by atoms with van der Waals surface area (Å²) in [7, 11) is 0. The average Bonchev–Trinajstić information content (AvgIpc) is 3.08. The van der Waals surface area contributed by atoms with Crippen LogP contribution in [0, 0.1) is 11.3 Å². The zero-order chi connectivity index (χ0) is 23.3. The van der Waals surface area contributed by atoms with Gasteiger partial charge in [-0.25, -0.2) is 4.79 Å². The van der Waals surface area contributed by atoms with Crippen LogP contribution < -0.4 is 10.1 Å². The molecule has 0 atom stereocenters.